The number of thioether (sulfide) groups is 1. The van der Waals surface area contributed by atoms with Crippen molar-refractivity contribution in [1.82, 2.24) is 14.8 Å². The van der Waals surface area contributed by atoms with E-state index in [4.69, 9.17) is 0 Å². The van der Waals surface area contributed by atoms with Gasteiger partial charge in [-0.15, -0.1) is 23.1 Å². The maximum atomic E-state index is 13.4. The van der Waals surface area contributed by atoms with E-state index in [1.54, 1.807) is 34.6 Å². The summed E-state index contributed by atoms with van der Waals surface area (Å²) in [6.07, 6.45) is 5.14. The number of carbonyl (C=O) groups excluding carboxylic acids is 1. The van der Waals surface area contributed by atoms with Gasteiger partial charge in [0, 0.05) is 43.1 Å². The minimum absolute atomic E-state index is 0.143. The molecule has 3 rings (SSSR count). The molecular formula is C22H21BrN6OS2. The number of carbonyl (C=O) groups is 1. The Labute approximate surface area is 203 Å². The van der Waals surface area contributed by atoms with Crippen LogP contribution >= 0.6 is 39.0 Å². The second kappa shape index (κ2) is 10.3. The number of halogens is 1. The zero-order valence-corrected chi connectivity index (χ0v) is 21.5. The highest BCUT2D eigenvalue weighted by molar-refractivity contribution is 9.10. The van der Waals surface area contributed by atoms with Crippen LogP contribution in [0.25, 0.3) is 10.2 Å². The van der Waals surface area contributed by atoms with Crippen molar-refractivity contribution < 1.29 is 4.79 Å². The summed E-state index contributed by atoms with van der Waals surface area (Å²) in [6, 6.07) is 9.44. The highest BCUT2D eigenvalue weighted by Crippen LogP contribution is 2.46. The summed E-state index contributed by atoms with van der Waals surface area (Å²) in [5.41, 5.74) is 1.44. The van der Waals surface area contributed by atoms with Gasteiger partial charge in [0.25, 0.3) is 0 Å². The maximum Gasteiger partial charge on any atom is 0.205 e. The number of hydrogen-bond acceptors (Lipinski definition) is 7. The van der Waals surface area contributed by atoms with Crippen molar-refractivity contribution in [3.8, 4) is 6.07 Å². The van der Waals surface area contributed by atoms with E-state index in [0.717, 1.165) is 4.47 Å². The number of nitriles is 1. The molecule has 0 radical (unpaired) electrons. The number of ketones is 1. The van der Waals surface area contributed by atoms with Crippen LogP contribution < -0.4 is 0 Å². The Kier molecular flexibility index (Phi) is 7.66. The van der Waals surface area contributed by atoms with Crippen LogP contribution in [0, 0.1) is 11.3 Å². The Morgan fingerprint density at radius 1 is 1.16 bits per heavy atom. The summed E-state index contributed by atoms with van der Waals surface area (Å²) in [5.74, 6) is 0.181. The molecule has 0 aliphatic rings. The second-order valence-corrected chi connectivity index (χ2v) is 9.90. The van der Waals surface area contributed by atoms with Crippen LogP contribution in [0.5, 0.6) is 0 Å². The van der Waals surface area contributed by atoms with Crippen LogP contribution in [-0.4, -0.2) is 67.7 Å². The van der Waals surface area contributed by atoms with Crippen molar-refractivity contribution in [1.29, 1.82) is 5.26 Å². The minimum atomic E-state index is -0.143. The van der Waals surface area contributed by atoms with Gasteiger partial charge in [0.05, 0.1) is 23.8 Å². The maximum absolute atomic E-state index is 13.4. The molecule has 1 aromatic carbocycles. The number of benzene rings is 1. The van der Waals surface area contributed by atoms with Crippen LogP contribution in [0.3, 0.4) is 0 Å². The number of thiophene rings is 1. The predicted molar refractivity (Wildman–Crippen MR) is 137 cm³/mol. The molecule has 0 aliphatic carbocycles. The van der Waals surface area contributed by atoms with Crippen LogP contribution in [0.4, 0.5) is 11.5 Å². The molecule has 0 amide bonds. The number of hydrogen-bond donors (Lipinski definition) is 0. The number of rotatable bonds is 7. The van der Waals surface area contributed by atoms with Gasteiger partial charge in [-0.2, -0.15) is 5.26 Å². The third-order valence-electron chi connectivity index (χ3n) is 4.21. The zero-order chi connectivity index (χ0) is 23.4. The fourth-order valence-corrected chi connectivity index (χ4v) is 4.98. The Bertz CT molecular complexity index is 1260. The average Bonchev–Trinajstić information content (AvgIpc) is 3.13. The molecule has 32 heavy (non-hydrogen) atoms. The third-order valence-corrected chi connectivity index (χ3v) is 6.62. The molecule has 0 bridgehead atoms. The highest BCUT2D eigenvalue weighted by atomic mass is 79.9. The molecule has 0 atom stereocenters. The van der Waals surface area contributed by atoms with E-state index in [-0.39, 0.29) is 5.78 Å². The topological polar surface area (TPSA) is 84.9 Å². The lowest BCUT2D eigenvalue weighted by atomic mass is 10.1. The molecular weight excluding hydrogens is 508 g/mol. The number of pyridine rings is 1. The van der Waals surface area contributed by atoms with E-state index in [9.17, 15) is 10.1 Å². The zero-order valence-electron chi connectivity index (χ0n) is 18.3. The number of nitrogens with zero attached hydrogens (tertiary/aromatic N) is 6. The minimum Gasteiger partial charge on any atom is -0.369 e. The summed E-state index contributed by atoms with van der Waals surface area (Å²) in [4.78, 5) is 32.4. The molecule has 0 fully saturated rings. The van der Waals surface area contributed by atoms with Gasteiger partial charge in [-0.1, -0.05) is 15.9 Å². The van der Waals surface area contributed by atoms with Crippen LogP contribution in [0.15, 0.2) is 43.6 Å². The molecule has 0 saturated heterocycles. The molecule has 2 heterocycles. The number of aliphatic imine (C=N–C) groups is 2. The molecule has 164 valence electrons. The lowest BCUT2D eigenvalue weighted by molar-refractivity contribution is 0.104. The van der Waals surface area contributed by atoms with Crippen molar-refractivity contribution in [2.45, 2.75) is 4.90 Å². The van der Waals surface area contributed by atoms with Crippen LogP contribution in [0.1, 0.15) is 20.8 Å². The lowest BCUT2D eigenvalue weighted by Gasteiger charge is -2.08. The second-order valence-electron chi connectivity index (χ2n) is 7.17. The fourth-order valence-electron chi connectivity index (χ4n) is 2.82. The first-order valence-electron chi connectivity index (χ1n) is 9.42. The number of fused-ring (bicyclic) bond motifs is 1. The number of aromatic nitrogens is 1. The SMILES string of the molecule is CSc1c(C#N)c(N=CN(C)C)nc2sc(C(=O)c3ccc(Br)cc3)c(N=CN(C)C)c12. The third kappa shape index (κ3) is 5.01. The largest absolute Gasteiger partial charge is 0.369 e. The average molecular weight is 529 g/mol. The lowest BCUT2D eigenvalue weighted by Crippen LogP contribution is -2.07. The highest BCUT2D eigenvalue weighted by Gasteiger charge is 2.25. The van der Waals surface area contributed by atoms with Gasteiger partial charge in [-0.05, 0) is 30.5 Å². The van der Waals surface area contributed by atoms with E-state index in [0.29, 0.717) is 42.6 Å². The van der Waals surface area contributed by atoms with Gasteiger partial charge in [0.15, 0.2) is 5.82 Å². The summed E-state index contributed by atoms with van der Waals surface area (Å²) in [6.45, 7) is 0. The summed E-state index contributed by atoms with van der Waals surface area (Å²) in [5, 5.41) is 10.6. The van der Waals surface area contributed by atoms with Gasteiger partial charge < -0.3 is 9.80 Å². The van der Waals surface area contributed by atoms with Gasteiger partial charge in [0.1, 0.15) is 21.3 Å². The Morgan fingerprint density at radius 3 is 2.34 bits per heavy atom. The van der Waals surface area contributed by atoms with Gasteiger partial charge >= 0.3 is 0 Å². The quantitative estimate of drug-likeness (QED) is 0.178. The Balaban J connectivity index is 2.34. The summed E-state index contributed by atoms with van der Waals surface area (Å²) >= 11 is 6.09. The van der Waals surface area contributed by atoms with E-state index in [1.165, 1.54) is 23.1 Å². The smallest absolute Gasteiger partial charge is 0.205 e. The van der Waals surface area contributed by atoms with Gasteiger partial charge in [-0.3, -0.25) is 4.79 Å². The van der Waals surface area contributed by atoms with Crippen LogP contribution in [0.2, 0.25) is 0 Å². The van der Waals surface area contributed by atoms with Crippen molar-refractivity contribution >= 4 is 79.2 Å². The first-order chi connectivity index (χ1) is 15.3. The molecule has 0 N–H and O–H groups in total. The van der Waals surface area contributed by atoms with E-state index < -0.39 is 0 Å². The van der Waals surface area contributed by atoms with Crippen molar-refractivity contribution in [2.24, 2.45) is 9.98 Å². The van der Waals surface area contributed by atoms with E-state index in [2.05, 4.69) is 37.0 Å². The van der Waals surface area contributed by atoms with E-state index >= 15 is 0 Å². The Morgan fingerprint density at radius 2 is 1.78 bits per heavy atom. The first-order valence-corrected chi connectivity index (χ1v) is 12.3. The molecule has 2 aromatic heterocycles. The summed E-state index contributed by atoms with van der Waals surface area (Å²) < 4.78 is 0.893. The molecule has 0 spiro atoms. The molecule has 0 unspecified atom stereocenters. The molecule has 0 saturated carbocycles. The standard InChI is InChI=1S/C22H21BrN6OS2/c1-28(2)11-25-17-16-19(31-5)15(10-24)21(26-12-29(3)4)27-22(16)32-20(17)18(30)13-6-8-14(23)9-7-13/h6-9,11-12H,1-5H3. The predicted octanol–water partition coefficient (Wildman–Crippen LogP) is 5.33. The Hall–Kier alpha value is -2.74. The van der Waals surface area contributed by atoms with Crippen molar-refractivity contribution in [2.75, 3.05) is 34.4 Å². The molecule has 3 aromatic rings. The van der Waals surface area contributed by atoms with Crippen molar-refractivity contribution in [3.63, 3.8) is 0 Å². The van der Waals surface area contributed by atoms with Gasteiger partial charge in [0.2, 0.25) is 5.78 Å². The van der Waals surface area contributed by atoms with E-state index in [1.807, 2.05) is 46.6 Å². The molecule has 7 nitrogen and oxygen atoms in total. The fraction of sp³-hybridized carbons (Fsp3) is 0.227. The van der Waals surface area contributed by atoms with Crippen molar-refractivity contribution in [3.05, 3.63) is 44.7 Å². The first kappa shape index (κ1) is 23.9. The molecule has 0 aliphatic heterocycles. The normalized spacial score (nSPS) is 11.4. The summed E-state index contributed by atoms with van der Waals surface area (Å²) in [7, 11) is 7.41. The monoisotopic (exact) mass is 528 g/mol. The van der Waals surface area contributed by atoms with Gasteiger partial charge in [-0.25, -0.2) is 15.0 Å². The van der Waals surface area contributed by atoms with Crippen LogP contribution in [-0.2, 0) is 0 Å². The molecule has 10 heteroatoms.